The van der Waals surface area contributed by atoms with Crippen LogP contribution in [-0.2, 0) is 4.79 Å². The van der Waals surface area contributed by atoms with Crippen LogP contribution in [0.2, 0.25) is 5.02 Å². The second-order valence-electron chi connectivity index (χ2n) is 4.43. The largest absolute Gasteiger partial charge is 0.508 e. The molecule has 0 heterocycles. The van der Waals surface area contributed by atoms with Crippen molar-refractivity contribution in [2.45, 2.75) is 13.0 Å². The predicted molar refractivity (Wildman–Crippen MR) is 76.9 cm³/mol. The van der Waals surface area contributed by atoms with Gasteiger partial charge in [0.25, 0.3) is 0 Å². The maximum Gasteiger partial charge on any atom is 0.217 e. The SMILES string of the molecule is CC(=O)NC(c1ccc(Cl)cc1)c1cc(O)ccc1O. The molecule has 0 radical (unpaired) electrons. The third kappa shape index (κ3) is 3.22. The number of nitrogens with one attached hydrogen (secondary N) is 1. The van der Waals surface area contributed by atoms with Crippen molar-refractivity contribution in [2.75, 3.05) is 0 Å². The summed E-state index contributed by atoms with van der Waals surface area (Å²) in [6.45, 7) is 1.39. The van der Waals surface area contributed by atoms with Gasteiger partial charge in [-0.2, -0.15) is 0 Å². The molecular weight excluding hydrogens is 278 g/mol. The minimum atomic E-state index is -0.558. The molecule has 0 aliphatic heterocycles. The first-order valence-corrected chi connectivity index (χ1v) is 6.39. The normalized spacial score (nSPS) is 11.9. The molecule has 0 spiro atoms. The minimum Gasteiger partial charge on any atom is -0.508 e. The van der Waals surface area contributed by atoms with Gasteiger partial charge in [-0.1, -0.05) is 23.7 Å². The first-order chi connectivity index (χ1) is 9.47. The van der Waals surface area contributed by atoms with Crippen LogP contribution in [0.15, 0.2) is 42.5 Å². The molecule has 2 aromatic carbocycles. The maximum atomic E-state index is 11.4. The van der Waals surface area contributed by atoms with E-state index in [4.69, 9.17) is 11.6 Å². The van der Waals surface area contributed by atoms with Crippen LogP contribution in [0.1, 0.15) is 24.1 Å². The van der Waals surface area contributed by atoms with E-state index in [1.807, 2.05) is 0 Å². The molecule has 20 heavy (non-hydrogen) atoms. The van der Waals surface area contributed by atoms with Crippen LogP contribution in [-0.4, -0.2) is 16.1 Å². The highest BCUT2D eigenvalue weighted by Crippen LogP contribution is 2.32. The number of benzene rings is 2. The van der Waals surface area contributed by atoms with Crippen molar-refractivity contribution in [1.82, 2.24) is 5.32 Å². The van der Waals surface area contributed by atoms with Crippen LogP contribution in [0.3, 0.4) is 0 Å². The van der Waals surface area contributed by atoms with Crippen molar-refractivity contribution in [3.8, 4) is 11.5 Å². The molecule has 1 amide bonds. The van der Waals surface area contributed by atoms with Gasteiger partial charge in [0.15, 0.2) is 0 Å². The fraction of sp³-hybridized carbons (Fsp3) is 0.133. The molecule has 0 aromatic heterocycles. The number of phenols is 2. The Bertz CT molecular complexity index is 626. The summed E-state index contributed by atoms with van der Waals surface area (Å²) in [5.74, 6) is -0.230. The van der Waals surface area contributed by atoms with E-state index in [1.54, 1.807) is 24.3 Å². The lowest BCUT2D eigenvalue weighted by Crippen LogP contribution is -2.26. The summed E-state index contributed by atoms with van der Waals surface area (Å²) in [5, 5.41) is 22.8. The van der Waals surface area contributed by atoms with E-state index in [-0.39, 0.29) is 17.4 Å². The van der Waals surface area contributed by atoms with E-state index in [0.717, 1.165) is 5.56 Å². The summed E-state index contributed by atoms with van der Waals surface area (Å²) < 4.78 is 0. The third-order valence-corrected chi connectivity index (χ3v) is 3.13. The van der Waals surface area contributed by atoms with Gasteiger partial charge in [0.05, 0.1) is 6.04 Å². The zero-order chi connectivity index (χ0) is 14.7. The second-order valence-corrected chi connectivity index (χ2v) is 4.86. The highest BCUT2D eigenvalue weighted by molar-refractivity contribution is 6.30. The fourth-order valence-electron chi connectivity index (χ4n) is 1.97. The van der Waals surface area contributed by atoms with Crippen molar-refractivity contribution in [2.24, 2.45) is 0 Å². The zero-order valence-electron chi connectivity index (χ0n) is 10.8. The number of amides is 1. The summed E-state index contributed by atoms with van der Waals surface area (Å²) in [6.07, 6.45) is 0. The van der Waals surface area contributed by atoms with Gasteiger partial charge in [-0.15, -0.1) is 0 Å². The molecule has 0 saturated heterocycles. The van der Waals surface area contributed by atoms with Crippen LogP contribution in [0.25, 0.3) is 0 Å². The Morgan fingerprint density at radius 2 is 1.80 bits per heavy atom. The molecule has 0 aliphatic carbocycles. The number of hydrogen-bond acceptors (Lipinski definition) is 3. The topological polar surface area (TPSA) is 69.6 Å². The van der Waals surface area contributed by atoms with Crippen LogP contribution in [0.5, 0.6) is 11.5 Å². The lowest BCUT2D eigenvalue weighted by molar-refractivity contribution is -0.119. The number of carbonyl (C=O) groups excluding carboxylic acids is 1. The molecule has 5 heteroatoms. The predicted octanol–water partition coefficient (Wildman–Crippen LogP) is 2.98. The molecule has 1 atom stereocenters. The van der Waals surface area contributed by atoms with Gasteiger partial charge in [0.2, 0.25) is 5.91 Å². The van der Waals surface area contributed by atoms with Gasteiger partial charge < -0.3 is 15.5 Å². The quantitative estimate of drug-likeness (QED) is 0.762. The summed E-state index contributed by atoms with van der Waals surface area (Å²) in [6, 6.07) is 10.5. The fourth-order valence-corrected chi connectivity index (χ4v) is 2.10. The van der Waals surface area contributed by atoms with E-state index in [2.05, 4.69) is 5.32 Å². The number of rotatable bonds is 3. The van der Waals surface area contributed by atoms with Crippen molar-refractivity contribution < 1.29 is 15.0 Å². The van der Waals surface area contributed by atoms with Crippen molar-refractivity contribution in [3.63, 3.8) is 0 Å². The molecule has 0 aliphatic rings. The van der Waals surface area contributed by atoms with Crippen LogP contribution < -0.4 is 5.32 Å². The number of phenolic OH excluding ortho intramolecular Hbond substituents is 2. The van der Waals surface area contributed by atoms with Crippen molar-refractivity contribution >= 4 is 17.5 Å². The van der Waals surface area contributed by atoms with E-state index < -0.39 is 6.04 Å². The molecule has 0 fully saturated rings. The Kier molecular flexibility index (Phi) is 4.15. The number of hydrogen-bond donors (Lipinski definition) is 3. The number of halogens is 1. The lowest BCUT2D eigenvalue weighted by Gasteiger charge is -2.20. The molecule has 0 bridgehead atoms. The summed E-state index contributed by atoms with van der Waals surface area (Å²) in [5.41, 5.74) is 1.17. The molecule has 4 nitrogen and oxygen atoms in total. The zero-order valence-corrected chi connectivity index (χ0v) is 11.6. The second kappa shape index (κ2) is 5.84. The van der Waals surface area contributed by atoms with Gasteiger partial charge in [-0.25, -0.2) is 0 Å². The molecule has 2 rings (SSSR count). The van der Waals surface area contributed by atoms with Gasteiger partial charge in [0, 0.05) is 17.5 Å². The van der Waals surface area contributed by atoms with Crippen LogP contribution in [0.4, 0.5) is 0 Å². The summed E-state index contributed by atoms with van der Waals surface area (Å²) >= 11 is 5.85. The monoisotopic (exact) mass is 291 g/mol. The average Bonchev–Trinajstić information content (AvgIpc) is 2.40. The average molecular weight is 292 g/mol. The lowest BCUT2D eigenvalue weighted by atomic mass is 9.97. The van der Waals surface area contributed by atoms with Gasteiger partial charge >= 0.3 is 0 Å². The Hall–Kier alpha value is -2.20. The van der Waals surface area contributed by atoms with Crippen LogP contribution >= 0.6 is 11.6 Å². The molecule has 1 unspecified atom stereocenters. The standard InChI is InChI=1S/C15H14ClNO3/c1-9(18)17-15(10-2-4-11(16)5-3-10)13-8-12(19)6-7-14(13)20/h2-8,15,19-20H,1H3,(H,17,18). The first-order valence-electron chi connectivity index (χ1n) is 6.02. The van der Waals surface area contributed by atoms with Gasteiger partial charge in [-0.3, -0.25) is 4.79 Å². The van der Waals surface area contributed by atoms with E-state index in [1.165, 1.54) is 25.1 Å². The number of carbonyl (C=O) groups is 1. The Labute approximate surface area is 121 Å². The van der Waals surface area contributed by atoms with Gasteiger partial charge in [0.1, 0.15) is 11.5 Å². The molecule has 2 aromatic rings. The Morgan fingerprint density at radius 1 is 1.15 bits per heavy atom. The van der Waals surface area contributed by atoms with Crippen LogP contribution in [0, 0.1) is 0 Å². The van der Waals surface area contributed by atoms with Crippen molar-refractivity contribution in [1.29, 1.82) is 0 Å². The van der Waals surface area contributed by atoms with E-state index in [9.17, 15) is 15.0 Å². The highest BCUT2D eigenvalue weighted by Gasteiger charge is 2.19. The van der Waals surface area contributed by atoms with E-state index >= 15 is 0 Å². The molecule has 104 valence electrons. The maximum absolute atomic E-state index is 11.4. The van der Waals surface area contributed by atoms with Gasteiger partial charge in [-0.05, 0) is 35.9 Å². The van der Waals surface area contributed by atoms with Crippen molar-refractivity contribution in [3.05, 3.63) is 58.6 Å². The smallest absolute Gasteiger partial charge is 0.217 e. The highest BCUT2D eigenvalue weighted by atomic mass is 35.5. The molecule has 3 N–H and O–H groups in total. The molecule has 0 saturated carbocycles. The number of aromatic hydroxyl groups is 2. The first kappa shape index (κ1) is 14.2. The Morgan fingerprint density at radius 3 is 2.40 bits per heavy atom. The minimum absolute atomic E-state index is 0.00324. The molecular formula is C15H14ClNO3. The van der Waals surface area contributed by atoms with E-state index in [0.29, 0.717) is 10.6 Å². The summed E-state index contributed by atoms with van der Waals surface area (Å²) in [4.78, 5) is 11.4. The summed E-state index contributed by atoms with van der Waals surface area (Å²) in [7, 11) is 0. The Balaban J connectivity index is 2.49. The third-order valence-electron chi connectivity index (χ3n) is 2.87.